The number of aliphatic hydroxyl groups excluding tert-OH is 1. The smallest absolute Gasteiger partial charge is 0.163 e. The third kappa shape index (κ3) is 2.99. The SMILES string of the molecule is CC(C)n1c(-c2cn(Cc3ccc(CO)cc3)nn2)nc2ccccc21. The second kappa shape index (κ2) is 6.72. The van der Waals surface area contributed by atoms with Crippen LogP contribution in [0, 0.1) is 0 Å². The summed E-state index contributed by atoms with van der Waals surface area (Å²) in [6, 6.07) is 16.2. The number of hydrogen-bond acceptors (Lipinski definition) is 4. The highest BCUT2D eigenvalue weighted by molar-refractivity contribution is 5.80. The Labute approximate surface area is 151 Å². The Morgan fingerprint density at radius 2 is 1.73 bits per heavy atom. The van der Waals surface area contributed by atoms with E-state index in [2.05, 4.69) is 34.8 Å². The molecule has 26 heavy (non-hydrogen) atoms. The third-order valence-corrected chi connectivity index (χ3v) is 4.43. The van der Waals surface area contributed by atoms with Crippen LogP contribution in [0.4, 0.5) is 0 Å². The van der Waals surface area contributed by atoms with Gasteiger partial charge in [0.05, 0.1) is 30.4 Å². The lowest BCUT2D eigenvalue weighted by Gasteiger charge is -2.11. The quantitative estimate of drug-likeness (QED) is 0.601. The zero-order valence-corrected chi connectivity index (χ0v) is 14.9. The van der Waals surface area contributed by atoms with Gasteiger partial charge in [0.1, 0.15) is 5.69 Å². The molecule has 4 rings (SSSR count). The van der Waals surface area contributed by atoms with Crippen molar-refractivity contribution in [1.29, 1.82) is 0 Å². The van der Waals surface area contributed by atoms with Crippen molar-refractivity contribution in [1.82, 2.24) is 24.5 Å². The molecule has 0 atom stereocenters. The summed E-state index contributed by atoms with van der Waals surface area (Å²) in [4.78, 5) is 4.77. The van der Waals surface area contributed by atoms with Gasteiger partial charge in [0.15, 0.2) is 5.82 Å². The second-order valence-corrected chi connectivity index (χ2v) is 6.66. The van der Waals surface area contributed by atoms with Crippen molar-refractivity contribution < 1.29 is 5.11 Å². The number of hydrogen-bond donors (Lipinski definition) is 1. The molecule has 0 amide bonds. The summed E-state index contributed by atoms with van der Waals surface area (Å²) >= 11 is 0. The molecule has 0 spiro atoms. The Morgan fingerprint density at radius 1 is 1.00 bits per heavy atom. The highest BCUT2D eigenvalue weighted by atomic mass is 16.3. The normalized spacial score (nSPS) is 11.5. The zero-order valence-electron chi connectivity index (χ0n) is 14.9. The van der Waals surface area contributed by atoms with Gasteiger partial charge < -0.3 is 9.67 Å². The minimum atomic E-state index is 0.0547. The van der Waals surface area contributed by atoms with Gasteiger partial charge in [-0.2, -0.15) is 0 Å². The molecule has 0 bridgehead atoms. The maximum atomic E-state index is 9.14. The summed E-state index contributed by atoms with van der Waals surface area (Å²) in [5, 5.41) is 17.8. The Hall–Kier alpha value is -2.99. The van der Waals surface area contributed by atoms with Crippen molar-refractivity contribution in [3.63, 3.8) is 0 Å². The van der Waals surface area contributed by atoms with E-state index in [-0.39, 0.29) is 12.6 Å². The van der Waals surface area contributed by atoms with E-state index < -0.39 is 0 Å². The summed E-state index contributed by atoms with van der Waals surface area (Å²) in [5.74, 6) is 0.836. The average Bonchev–Trinajstić information content (AvgIpc) is 3.26. The van der Waals surface area contributed by atoms with Crippen molar-refractivity contribution >= 4 is 11.0 Å². The van der Waals surface area contributed by atoms with Gasteiger partial charge >= 0.3 is 0 Å². The second-order valence-electron chi connectivity index (χ2n) is 6.66. The van der Waals surface area contributed by atoms with E-state index >= 15 is 0 Å². The minimum absolute atomic E-state index is 0.0547. The highest BCUT2D eigenvalue weighted by Crippen LogP contribution is 2.27. The largest absolute Gasteiger partial charge is 0.392 e. The van der Waals surface area contributed by atoms with Gasteiger partial charge in [-0.25, -0.2) is 9.67 Å². The van der Waals surface area contributed by atoms with Gasteiger partial charge in [-0.3, -0.25) is 0 Å². The van der Waals surface area contributed by atoms with Crippen LogP contribution in [0.3, 0.4) is 0 Å². The molecule has 2 aromatic carbocycles. The Bertz CT molecular complexity index is 1030. The Kier molecular flexibility index (Phi) is 4.26. The Balaban J connectivity index is 1.67. The fourth-order valence-electron chi connectivity index (χ4n) is 3.16. The van der Waals surface area contributed by atoms with E-state index in [4.69, 9.17) is 10.1 Å². The molecule has 0 aliphatic carbocycles. The molecule has 6 heteroatoms. The molecule has 2 heterocycles. The van der Waals surface area contributed by atoms with Crippen LogP contribution >= 0.6 is 0 Å². The first-order chi connectivity index (χ1) is 12.7. The third-order valence-electron chi connectivity index (χ3n) is 4.43. The molecule has 1 N–H and O–H groups in total. The van der Waals surface area contributed by atoms with Gasteiger partial charge in [-0.1, -0.05) is 41.6 Å². The van der Waals surface area contributed by atoms with E-state index in [1.54, 1.807) is 0 Å². The van der Waals surface area contributed by atoms with E-state index in [1.165, 1.54) is 0 Å². The molecular formula is C20H21N5O. The van der Waals surface area contributed by atoms with E-state index in [0.29, 0.717) is 6.54 Å². The summed E-state index contributed by atoms with van der Waals surface area (Å²) in [7, 11) is 0. The molecule has 6 nitrogen and oxygen atoms in total. The lowest BCUT2D eigenvalue weighted by molar-refractivity contribution is 0.282. The first-order valence-corrected chi connectivity index (χ1v) is 8.72. The zero-order chi connectivity index (χ0) is 18.1. The topological polar surface area (TPSA) is 68.8 Å². The standard InChI is InChI=1S/C20H21N5O/c1-14(2)25-19-6-4-3-5-17(19)21-20(25)18-12-24(23-22-18)11-15-7-9-16(13-26)10-8-15/h3-10,12,14,26H,11,13H2,1-2H3. The molecule has 0 aliphatic heterocycles. The molecule has 0 saturated heterocycles. The molecule has 2 aromatic heterocycles. The van der Waals surface area contributed by atoms with Crippen molar-refractivity contribution in [3.05, 3.63) is 65.9 Å². The molecule has 0 fully saturated rings. The number of benzene rings is 2. The average molecular weight is 347 g/mol. The molecule has 0 unspecified atom stereocenters. The fraction of sp³-hybridized carbons (Fsp3) is 0.250. The molecule has 0 radical (unpaired) electrons. The maximum Gasteiger partial charge on any atom is 0.163 e. The monoisotopic (exact) mass is 347 g/mol. The summed E-state index contributed by atoms with van der Waals surface area (Å²) in [6.45, 7) is 4.97. The molecule has 4 aromatic rings. The molecule has 0 aliphatic rings. The number of aromatic nitrogens is 5. The number of nitrogens with zero attached hydrogens (tertiary/aromatic N) is 5. The van der Waals surface area contributed by atoms with Crippen LogP contribution in [-0.4, -0.2) is 29.7 Å². The van der Waals surface area contributed by atoms with Gasteiger partial charge in [0, 0.05) is 6.04 Å². The van der Waals surface area contributed by atoms with Crippen molar-refractivity contribution in [2.24, 2.45) is 0 Å². The Morgan fingerprint density at radius 3 is 2.46 bits per heavy atom. The first-order valence-electron chi connectivity index (χ1n) is 8.72. The van der Waals surface area contributed by atoms with Gasteiger partial charge in [-0.05, 0) is 37.1 Å². The van der Waals surface area contributed by atoms with Crippen LogP contribution in [0.5, 0.6) is 0 Å². The van der Waals surface area contributed by atoms with Crippen LogP contribution in [0.15, 0.2) is 54.7 Å². The summed E-state index contributed by atoms with van der Waals surface area (Å²) in [6.07, 6.45) is 1.93. The molecule has 132 valence electrons. The molecular weight excluding hydrogens is 326 g/mol. The van der Waals surface area contributed by atoms with Crippen LogP contribution in [0.25, 0.3) is 22.6 Å². The summed E-state index contributed by atoms with van der Waals surface area (Å²) in [5.41, 5.74) is 4.84. The fourth-order valence-corrected chi connectivity index (χ4v) is 3.16. The predicted octanol–water partition coefficient (Wildman–Crippen LogP) is 3.42. The predicted molar refractivity (Wildman–Crippen MR) is 101 cm³/mol. The highest BCUT2D eigenvalue weighted by Gasteiger charge is 2.17. The van der Waals surface area contributed by atoms with Crippen molar-refractivity contribution in [2.45, 2.75) is 33.0 Å². The summed E-state index contributed by atoms with van der Waals surface area (Å²) < 4.78 is 4.01. The lowest BCUT2D eigenvalue weighted by Crippen LogP contribution is -2.03. The number of para-hydroxylation sites is 2. The van der Waals surface area contributed by atoms with E-state index in [9.17, 15) is 0 Å². The van der Waals surface area contributed by atoms with Crippen LogP contribution in [0.2, 0.25) is 0 Å². The van der Waals surface area contributed by atoms with Crippen LogP contribution in [-0.2, 0) is 13.2 Å². The van der Waals surface area contributed by atoms with Crippen LogP contribution in [0.1, 0.15) is 31.0 Å². The number of fused-ring (bicyclic) bond motifs is 1. The van der Waals surface area contributed by atoms with Crippen molar-refractivity contribution in [3.8, 4) is 11.5 Å². The van der Waals surface area contributed by atoms with E-state index in [1.807, 2.05) is 53.3 Å². The number of imidazole rings is 1. The van der Waals surface area contributed by atoms with Crippen LogP contribution < -0.4 is 0 Å². The van der Waals surface area contributed by atoms with Gasteiger partial charge in [-0.15, -0.1) is 5.10 Å². The number of rotatable bonds is 5. The van der Waals surface area contributed by atoms with Crippen molar-refractivity contribution in [2.75, 3.05) is 0 Å². The van der Waals surface area contributed by atoms with Gasteiger partial charge in [0.25, 0.3) is 0 Å². The minimum Gasteiger partial charge on any atom is -0.392 e. The molecule has 0 saturated carbocycles. The van der Waals surface area contributed by atoms with E-state index in [0.717, 1.165) is 33.7 Å². The first kappa shape index (κ1) is 16.5. The maximum absolute atomic E-state index is 9.14. The lowest BCUT2D eigenvalue weighted by atomic mass is 10.1. The number of aliphatic hydroxyl groups is 1. The van der Waals surface area contributed by atoms with Gasteiger partial charge in [0.2, 0.25) is 0 Å².